The molecule has 0 amide bonds. The number of hydrogen-bond acceptors (Lipinski definition) is 2. The zero-order valence-corrected chi connectivity index (χ0v) is 10.9. The Labute approximate surface area is 112 Å². The number of aliphatic hydroxyl groups is 1. The van der Waals surface area contributed by atoms with Gasteiger partial charge in [-0.2, -0.15) is 0 Å². The summed E-state index contributed by atoms with van der Waals surface area (Å²) in [5.41, 5.74) is 1.96. The third kappa shape index (κ3) is 4.95. The molecule has 0 aliphatic rings. The van der Waals surface area contributed by atoms with Crippen molar-refractivity contribution in [2.75, 3.05) is 17.7 Å². The van der Waals surface area contributed by atoms with Crippen LogP contribution in [0.3, 0.4) is 0 Å². The molecule has 0 atom stereocenters. The Balaban J connectivity index is 0.000000771. The second-order valence-corrected chi connectivity index (χ2v) is 3.72. The number of anilines is 2. The lowest BCUT2D eigenvalue weighted by molar-refractivity contribution is 0.399. The second kappa shape index (κ2) is 8.22. The highest BCUT2D eigenvalue weighted by Gasteiger charge is 1.96. The van der Waals surface area contributed by atoms with E-state index in [1.807, 2.05) is 60.7 Å². The summed E-state index contributed by atoms with van der Waals surface area (Å²) < 4.78 is 0. The number of para-hydroxylation sites is 2. The Morgan fingerprint density at radius 1 is 0.778 bits per heavy atom. The molecule has 94 valence electrons. The van der Waals surface area contributed by atoms with Crippen LogP contribution in [0, 0.1) is 0 Å². The quantitative estimate of drug-likeness (QED) is 0.726. The molecule has 0 fully saturated rings. The smallest absolute Gasteiger partial charge is 0.175 e. The average molecular weight is 260 g/mol. The number of thiocarbonyl (C=S) groups is 1. The van der Waals surface area contributed by atoms with E-state index in [2.05, 4.69) is 10.6 Å². The zero-order valence-electron chi connectivity index (χ0n) is 10.1. The van der Waals surface area contributed by atoms with E-state index >= 15 is 0 Å². The standard InChI is InChI=1S/C13H12N2S.CH4O/c16-13(14-11-7-3-1-4-8-11)15-12-9-5-2-6-10-12;1-2/h1-10H,(H2,14,15,16);2H,1H3. The Morgan fingerprint density at radius 2 is 1.11 bits per heavy atom. The van der Waals surface area contributed by atoms with Gasteiger partial charge in [-0.3, -0.25) is 0 Å². The van der Waals surface area contributed by atoms with Gasteiger partial charge in [0.15, 0.2) is 5.11 Å². The minimum Gasteiger partial charge on any atom is -0.400 e. The summed E-state index contributed by atoms with van der Waals surface area (Å²) in [6, 6.07) is 19.7. The summed E-state index contributed by atoms with van der Waals surface area (Å²) in [5.74, 6) is 0. The number of hydrogen-bond donors (Lipinski definition) is 3. The maximum atomic E-state index is 7.00. The van der Waals surface area contributed by atoms with Crippen LogP contribution in [0.5, 0.6) is 0 Å². The summed E-state index contributed by atoms with van der Waals surface area (Å²) >= 11 is 5.20. The van der Waals surface area contributed by atoms with Crippen molar-refractivity contribution in [1.82, 2.24) is 0 Å². The first-order chi connectivity index (χ1) is 8.84. The topological polar surface area (TPSA) is 44.3 Å². The first-order valence-electron chi connectivity index (χ1n) is 5.47. The highest BCUT2D eigenvalue weighted by molar-refractivity contribution is 7.80. The molecular formula is C14H16N2OS. The molecule has 0 heterocycles. The van der Waals surface area contributed by atoms with Crippen molar-refractivity contribution in [3.8, 4) is 0 Å². The summed E-state index contributed by atoms with van der Waals surface area (Å²) in [7, 11) is 1.00. The highest BCUT2D eigenvalue weighted by Crippen LogP contribution is 2.08. The molecule has 2 rings (SSSR count). The van der Waals surface area contributed by atoms with Crippen LogP contribution in [0.25, 0.3) is 0 Å². The van der Waals surface area contributed by atoms with Gasteiger partial charge >= 0.3 is 0 Å². The van der Waals surface area contributed by atoms with E-state index in [1.54, 1.807) is 0 Å². The van der Waals surface area contributed by atoms with Gasteiger partial charge in [-0.1, -0.05) is 36.4 Å². The van der Waals surface area contributed by atoms with Crippen LogP contribution in [0.4, 0.5) is 11.4 Å². The molecule has 4 heteroatoms. The SMILES string of the molecule is CO.S=C(Nc1ccccc1)Nc1ccccc1. The molecule has 2 aromatic rings. The second-order valence-electron chi connectivity index (χ2n) is 3.31. The van der Waals surface area contributed by atoms with Gasteiger partial charge in [0.1, 0.15) is 0 Å². The van der Waals surface area contributed by atoms with Crippen molar-refractivity contribution >= 4 is 28.7 Å². The van der Waals surface area contributed by atoms with Crippen molar-refractivity contribution in [3.63, 3.8) is 0 Å². The van der Waals surface area contributed by atoms with Gasteiger partial charge in [-0.05, 0) is 36.5 Å². The largest absolute Gasteiger partial charge is 0.400 e. The monoisotopic (exact) mass is 260 g/mol. The van der Waals surface area contributed by atoms with Crippen LogP contribution >= 0.6 is 12.2 Å². The van der Waals surface area contributed by atoms with Gasteiger partial charge in [0.05, 0.1) is 0 Å². The van der Waals surface area contributed by atoms with Gasteiger partial charge in [0.2, 0.25) is 0 Å². The molecule has 0 radical (unpaired) electrons. The average Bonchev–Trinajstić information content (AvgIpc) is 2.43. The Hall–Kier alpha value is -1.91. The number of nitrogens with one attached hydrogen (secondary N) is 2. The van der Waals surface area contributed by atoms with Crippen molar-refractivity contribution in [2.45, 2.75) is 0 Å². The van der Waals surface area contributed by atoms with Crippen LogP contribution in [-0.4, -0.2) is 17.3 Å². The van der Waals surface area contributed by atoms with Crippen LogP contribution < -0.4 is 10.6 Å². The van der Waals surface area contributed by atoms with Crippen LogP contribution in [0.2, 0.25) is 0 Å². The molecule has 0 aromatic heterocycles. The minimum absolute atomic E-state index is 0.595. The molecule has 0 unspecified atom stereocenters. The summed E-state index contributed by atoms with van der Waals surface area (Å²) in [5, 5.41) is 13.8. The van der Waals surface area contributed by atoms with E-state index in [4.69, 9.17) is 17.3 Å². The van der Waals surface area contributed by atoms with Gasteiger partial charge in [0, 0.05) is 18.5 Å². The lowest BCUT2D eigenvalue weighted by Crippen LogP contribution is -2.18. The van der Waals surface area contributed by atoms with Gasteiger partial charge < -0.3 is 15.7 Å². The summed E-state index contributed by atoms with van der Waals surface area (Å²) in [4.78, 5) is 0. The predicted octanol–water partition coefficient (Wildman–Crippen LogP) is 3.10. The van der Waals surface area contributed by atoms with E-state index in [0.29, 0.717) is 5.11 Å². The molecule has 0 aliphatic carbocycles. The Bertz CT molecular complexity index is 416. The third-order valence-electron chi connectivity index (χ3n) is 2.06. The van der Waals surface area contributed by atoms with Crippen molar-refractivity contribution in [1.29, 1.82) is 0 Å². The Morgan fingerprint density at radius 3 is 1.44 bits per heavy atom. The van der Waals surface area contributed by atoms with Crippen molar-refractivity contribution < 1.29 is 5.11 Å². The fourth-order valence-corrected chi connectivity index (χ4v) is 1.57. The number of benzene rings is 2. The molecule has 0 saturated heterocycles. The fourth-order valence-electron chi connectivity index (χ4n) is 1.34. The lowest BCUT2D eigenvalue weighted by atomic mass is 10.3. The Kier molecular flexibility index (Phi) is 6.46. The number of rotatable bonds is 2. The van der Waals surface area contributed by atoms with E-state index in [1.165, 1.54) is 0 Å². The van der Waals surface area contributed by atoms with Crippen molar-refractivity contribution in [2.24, 2.45) is 0 Å². The predicted molar refractivity (Wildman–Crippen MR) is 80.9 cm³/mol. The molecule has 18 heavy (non-hydrogen) atoms. The normalized spacial score (nSPS) is 8.78. The summed E-state index contributed by atoms with van der Waals surface area (Å²) in [6.07, 6.45) is 0. The van der Waals surface area contributed by atoms with Crippen LogP contribution in [0.15, 0.2) is 60.7 Å². The molecular weight excluding hydrogens is 244 g/mol. The first kappa shape index (κ1) is 14.2. The minimum atomic E-state index is 0.595. The van der Waals surface area contributed by atoms with Crippen molar-refractivity contribution in [3.05, 3.63) is 60.7 Å². The van der Waals surface area contributed by atoms with Gasteiger partial charge in [-0.15, -0.1) is 0 Å². The summed E-state index contributed by atoms with van der Waals surface area (Å²) in [6.45, 7) is 0. The third-order valence-corrected chi connectivity index (χ3v) is 2.27. The van der Waals surface area contributed by atoms with Crippen LogP contribution in [0.1, 0.15) is 0 Å². The highest BCUT2D eigenvalue weighted by atomic mass is 32.1. The first-order valence-corrected chi connectivity index (χ1v) is 5.88. The fraction of sp³-hybridized carbons (Fsp3) is 0.0714. The molecule has 3 nitrogen and oxygen atoms in total. The van der Waals surface area contributed by atoms with E-state index in [9.17, 15) is 0 Å². The maximum absolute atomic E-state index is 7.00. The van der Waals surface area contributed by atoms with E-state index in [-0.39, 0.29) is 0 Å². The molecule has 2 aromatic carbocycles. The molecule has 3 N–H and O–H groups in total. The van der Waals surface area contributed by atoms with Crippen LogP contribution in [-0.2, 0) is 0 Å². The lowest BCUT2D eigenvalue weighted by Gasteiger charge is -2.09. The zero-order chi connectivity index (χ0) is 13.2. The molecule has 0 spiro atoms. The molecule has 0 bridgehead atoms. The van der Waals surface area contributed by atoms with E-state index < -0.39 is 0 Å². The number of aliphatic hydroxyl groups excluding tert-OH is 1. The maximum Gasteiger partial charge on any atom is 0.175 e. The van der Waals surface area contributed by atoms with E-state index in [0.717, 1.165) is 18.5 Å². The van der Waals surface area contributed by atoms with Gasteiger partial charge in [-0.25, -0.2) is 0 Å². The molecule has 0 aliphatic heterocycles. The van der Waals surface area contributed by atoms with Gasteiger partial charge in [0.25, 0.3) is 0 Å². The molecule has 0 saturated carbocycles.